The highest BCUT2D eigenvalue weighted by Gasteiger charge is 2.30. The zero-order valence-corrected chi connectivity index (χ0v) is 10.9. The van der Waals surface area contributed by atoms with Crippen LogP contribution in [0.15, 0.2) is 29.6 Å². The van der Waals surface area contributed by atoms with Crippen LogP contribution < -0.4 is 4.74 Å². The van der Waals surface area contributed by atoms with Crippen LogP contribution in [-0.4, -0.2) is 17.4 Å². The van der Waals surface area contributed by atoms with Crippen molar-refractivity contribution >= 4 is 17.1 Å². The average molecular weight is 259 g/mol. The molecule has 0 saturated heterocycles. The number of ether oxygens (including phenoxy) is 1. The Balaban J connectivity index is 1.78. The lowest BCUT2D eigenvalue weighted by molar-refractivity contribution is -0.120. The minimum absolute atomic E-state index is 0.134. The molecule has 1 aliphatic rings. The summed E-state index contributed by atoms with van der Waals surface area (Å²) < 4.78 is 5.54. The van der Waals surface area contributed by atoms with Crippen molar-refractivity contribution in [3.8, 4) is 5.75 Å². The van der Waals surface area contributed by atoms with Gasteiger partial charge < -0.3 is 4.74 Å². The normalized spacial score (nSPS) is 17.3. The molecule has 2 aromatic rings. The maximum absolute atomic E-state index is 12.3. The number of nitrogens with zero attached hydrogens (tertiary/aromatic N) is 1. The standard InChI is InChI=1S/C14H13NO2S/c1-9-8-18-14(15-9)6-12(16)11-7-17-13-5-3-2-4-10(11)13/h2-5,8,11H,6-7H2,1H3. The number of benzene rings is 1. The lowest BCUT2D eigenvalue weighted by Crippen LogP contribution is -2.16. The fraction of sp³-hybridized carbons (Fsp3) is 0.286. The molecular weight excluding hydrogens is 246 g/mol. The van der Waals surface area contributed by atoms with E-state index in [-0.39, 0.29) is 11.7 Å². The van der Waals surface area contributed by atoms with Gasteiger partial charge in [0.1, 0.15) is 17.4 Å². The Labute approximate surface area is 109 Å². The molecule has 18 heavy (non-hydrogen) atoms. The fourth-order valence-corrected chi connectivity index (χ4v) is 2.97. The lowest BCUT2D eigenvalue weighted by Gasteiger charge is -2.05. The van der Waals surface area contributed by atoms with Crippen molar-refractivity contribution in [3.05, 3.63) is 45.9 Å². The molecule has 0 N–H and O–H groups in total. The number of hydrogen-bond donors (Lipinski definition) is 0. The van der Waals surface area contributed by atoms with Crippen molar-refractivity contribution in [1.82, 2.24) is 4.98 Å². The Morgan fingerprint density at radius 2 is 2.33 bits per heavy atom. The Hall–Kier alpha value is -1.68. The van der Waals surface area contributed by atoms with E-state index in [2.05, 4.69) is 4.98 Å². The third-order valence-corrected chi connectivity index (χ3v) is 4.05. The number of para-hydroxylation sites is 1. The first-order chi connectivity index (χ1) is 8.74. The number of fused-ring (bicyclic) bond motifs is 1. The first kappa shape index (κ1) is 11.4. The van der Waals surface area contributed by atoms with Crippen molar-refractivity contribution in [1.29, 1.82) is 0 Å². The largest absolute Gasteiger partial charge is 0.492 e. The number of Topliss-reactive ketones (excluding diaryl/α,β-unsaturated/α-hetero) is 1. The van der Waals surface area contributed by atoms with Gasteiger partial charge in [0.25, 0.3) is 0 Å². The topological polar surface area (TPSA) is 39.2 Å². The summed E-state index contributed by atoms with van der Waals surface area (Å²) in [7, 11) is 0. The Morgan fingerprint density at radius 3 is 3.11 bits per heavy atom. The van der Waals surface area contributed by atoms with Gasteiger partial charge in [0.15, 0.2) is 5.78 Å². The summed E-state index contributed by atoms with van der Waals surface area (Å²) in [5.41, 5.74) is 1.99. The van der Waals surface area contributed by atoms with Crippen LogP contribution in [-0.2, 0) is 11.2 Å². The molecule has 1 aromatic heterocycles. The summed E-state index contributed by atoms with van der Waals surface area (Å²) in [5, 5.41) is 2.86. The highest BCUT2D eigenvalue weighted by Crippen LogP contribution is 2.34. The SMILES string of the molecule is Cc1csc(CC(=O)C2COc3ccccc32)n1. The van der Waals surface area contributed by atoms with Crippen LogP contribution >= 0.6 is 11.3 Å². The third kappa shape index (κ3) is 2.04. The predicted molar refractivity (Wildman–Crippen MR) is 70.2 cm³/mol. The average Bonchev–Trinajstić information content (AvgIpc) is 2.95. The minimum Gasteiger partial charge on any atom is -0.492 e. The van der Waals surface area contributed by atoms with Crippen molar-refractivity contribution in [2.75, 3.05) is 6.61 Å². The molecule has 92 valence electrons. The zero-order valence-electron chi connectivity index (χ0n) is 10.1. The maximum atomic E-state index is 12.3. The van der Waals surface area contributed by atoms with Gasteiger partial charge in [-0.05, 0) is 13.0 Å². The molecule has 2 heterocycles. The van der Waals surface area contributed by atoms with Gasteiger partial charge in [-0.3, -0.25) is 4.79 Å². The number of hydrogen-bond acceptors (Lipinski definition) is 4. The summed E-state index contributed by atoms with van der Waals surface area (Å²) in [4.78, 5) is 16.6. The Bertz CT molecular complexity index is 591. The number of rotatable bonds is 3. The van der Waals surface area contributed by atoms with E-state index in [0.717, 1.165) is 22.0 Å². The lowest BCUT2D eigenvalue weighted by atomic mass is 9.95. The Kier molecular flexibility index (Phi) is 2.88. The van der Waals surface area contributed by atoms with E-state index in [1.807, 2.05) is 36.6 Å². The number of aromatic nitrogens is 1. The summed E-state index contributed by atoms with van der Waals surface area (Å²) >= 11 is 1.55. The maximum Gasteiger partial charge on any atom is 0.150 e. The number of carbonyl (C=O) groups is 1. The number of aryl methyl sites for hydroxylation is 1. The van der Waals surface area contributed by atoms with Crippen LogP contribution in [0.4, 0.5) is 0 Å². The molecule has 1 unspecified atom stereocenters. The molecule has 3 rings (SSSR count). The van der Waals surface area contributed by atoms with E-state index in [0.29, 0.717) is 13.0 Å². The van der Waals surface area contributed by atoms with Crippen molar-refractivity contribution in [2.45, 2.75) is 19.3 Å². The van der Waals surface area contributed by atoms with Crippen molar-refractivity contribution in [3.63, 3.8) is 0 Å². The summed E-state index contributed by atoms with van der Waals surface area (Å²) in [6.07, 6.45) is 0.404. The summed E-state index contributed by atoms with van der Waals surface area (Å²) in [6, 6.07) is 7.76. The first-order valence-electron chi connectivity index (χ1n) is 5.89. The van der Waals surface area contributed by atoms with Crippen LogP contribution in [0, 0.1) is 6.92 Å². The van der Waals surface area contributed by atoms with Gasteiger partial charge in [0.05, 0.1) is 12.3 Å². The molecule has 0 fully saturated rings. The predicted octanol–water partition coefficient (Wildman–Crippen LogP) is 2.74. The smallest absolute Gasteiger partial charge is 0.150 e. The molecule has 0 radical (unpaired) electrons. The van der Waals surface area contributed by atoms with Gasteiger partial charge in [-0.1, -0.05) is 18.2 Å². The molecule has 0 spiro atoms. The molecule has 1 atom stereocenters. The molecule has 0 bridgehead atoms. The molecule has 0 saturated carbocycles. The Morgan fingerprint density at radius 1 is 1.50 bits per heavy atom. The fourth-order valence-electron chi connectivity index (χ4n) is 2.19. The van der Waals surface area contributed by atoms with Crippen molar-refractivity contribution in [2.24, 2.45) is 0 Å². The third-order valence-electron chi connectivity index (χ3n) is 3.08. The molecular formula is C14H13NO2S. The van der Waals surface area contributed by atoms with Crippen LogP contribution in [0.3, 0.4) is 0 Å². The van der Waals surface area contributed by atoms with E-state index >= 15 is 0 Å². The van der Waals surface area contributed by atoms with Crippen molar-refractivity contribution < 1.29 is 9.53 Å². The van der Waals surface area contributed by atoms with Gasteiger partial charge in [-0.2, -0.15) is 0 Å². The van der Waals surface area contributed by atoms with E-state index < -0.39 is 0 Å². The van der Waals surface area contributed by atoms with Crippen LogP contribution in [0.5, 0.6) is 5.75 Å². The highest BCUT2D eigenvalue weighted by atomic mass is 32.1. The van der Waals surface area contributed by atoms with E-state index in [4.69, 9.17) is 4.74 Å². The number of thiazole rings is 1. The highest BCUT2D eigenvalue weighted by molar-refractivity contribution is 7.09. The monoisotopic (exact) mass is 259 g/mol. The van der Waals surface area contributed by atoms with E-state index in [1.54, 1.807) is 11.3 Å². The van der Waals surface area contributed by atoms with Gasteiger partial charge >= 0.3 is 0 Å². The minimum atomic E-state index is -0.134. The molecule has 0 aliphatic carbocycles. The first-order valence-corrected chi connectivity index (χ1v) is 6.77. The van der Waals surface area contributed by atoms with Crippen LogP contribution in [0.25, 0.3) is 0 Å². The second-order valence-electron chi connectivity index (χ2n) is 4.43. The zero-order chi connectivity index (χ0) is 12.5. The van der Waals surface area contributed by atoms with Crippen LogP contribution in [0.1, 0.15) is 22.2 Å². The second-order valence-corrected chi connectivity index (χ2v) is 5.37. The van der Waals surface area contributed by atoms with E-state index in [9.17, 15) is 4.79 Å². The van der Waals surface area contributed by atoms with Gasteiger partial charge in [0, 0.05) is 16.6 Å². The van der Waals surface area contributed by atoms with Gasteiger partial charge in [-0.15, -0.1) is 11.3 Å². The molecule has 1 aliphatic heterocycles. The number of carbonyl (C=O) groups excluding carboxylic acids is 1. The summed E-state index contributed by atoms with van der Waals surface area (Å²) in [5.74, 6) is 0.894. The molecule has 3 nitrogen and oxygen atoms in total. The van der Waals surface area contributed by atoms with E-state index in [1.165, 1.54) is 0 Å². The second kappa shape index (κ2) is 4.53. The molecule has 1 aromatic carbocycles. The van der Waals surface area contributed by atoms with Gasteiger partial charge in [-0.25, -0.2) is 4.98 Å². The number of ketones is 1. The molecule has 0 amide bonds. The summed E-state index contributed by atoms with van der Waals surface area (Å²) in [6.45, 7) is 2.40. The quantitative estimate of drug-likeness (QED) is 0.850. The van der Waals surface area contributed by atoms with Crippen LogP contribution in [0.2, 0.25) is 0 Å². The molecule has 4 heteroatoms. The van der Waals surface area contributed by atoms with Gasteiger partial charge in [0.2, 0.25) is 0 Å².